The van der Waals surface area contributed by atoms with Gasteiger partial charge in [0.1, 0.15) is 5.82 Å². The number of anilines is 2. The van der Waals surface area contributed by atoms with Crippen LogP contribution in [0, 0.1) is 6.92 Å². The van der Waals surface area contributed by atoms with E-state index in [1.165, 1.54) is 0 Å². The Bertz CT molecular complexity index is 579. The molecule has 112 valence electrons. The van der Waals surface area contributed by atoms with Crippen molar-refractivity contribution in [3.8, 4) is 0 Å². The summed E-state index contributed by atoms with van der Waals surface area (Å²) in [7, 11) is 2.03. The van der Waals surface area contributed by atoms with Gasteiger partial charge >= 0.3 is 0 Å². The molecule has 0 N–H and O–H groups in total. The molecule has 0 spiro atoms. The number of rotatable bonds is 4. The lowest BCUT2D eigenvalue weighted by atomic mass is 10.3. The minimum absolute atomic E-state index is 0.734. The molecule has 1 fully saturated rings. The number of furan rings is 1. The molecule has 0 radical (unpaired) electrons. The number of nitrogens with zero attached hydrogens (tertiary/aromatic N) is 4. The highest BCUT2D eigenvalue weighted by molar-refractivity contribution is 5.46. The van der Waals surface area contributed by atoms with Crippen LogP contribution in [0.15, 0.2) is 29.1 Å². The van der Waals surface area contributed by atoms with Crippen molar-refractivity contribution in [3.05, 3.63) is 35.9 Å². The molecule has 0 aliphatic carbocycles. The van der Waals surface area contributed by atoms with Gasteiger partial charge in [-0.25, -0.2) is 4.98 Å². The fraction of sp³-hybridized carbons (Fsp3) is 0.467. The van der Waals surface area contributed by atoms with Crippen molar-refractivity contribution in [2.45, 2.75) is 13.5 Å². The standard InChI is InChI=1S/C15H20N4O2/c1-12-9-14(18(2)10-13-3-6-21-11-13)17-15(16-12)19-4-7-20-8-5-19/h3,6,9,11H,4-5,7-8,10H2,1-2H3. The highest BCUT2D eigenvalue weighted by Gasteiger charge is 2.16. The fourth-order valence-corrected chi connectivity index (χ4v) is 2.37. The zero-order valence-electron chi connectivity index (χ0n) is 12.5. The molecule has 3 rings (SSSR count). The SMILES string of the molecule is Cc1cc(N(C)Cc2ccoc2)nc(N2CCOCC2)n1. The zero-order valence-corrected chi connectivity index (χ0v) is 12.5. The second kappa shape index (κ2) is 6.13. The first-order valence-corrected chi connectivity index (χ1v) is 7.13. The molecule has 0 unspecified atom stereocenters. The quantitative estimate of drug-likeness (QED) is 0.856. The largest absolute Gasteiger partial charge is 0.472 e. The van der Waals surface area contributed by atoms with Gasteiger partial charge in [-0.15, -0.1) is 0 Å². The summed E-state index contributed by atoms with van der Waals surface area (Å²) in [5.41, 5.74) is 2.10. The third kappa shape index (κ3) is 3.33. The van der Waals surface area contributed by atoms with Crippen molar-refractivity contribution in [2.24, 2.45) is 0 Å². The van der Waals surface area contributed by atoms with Crippen molar-refractivity contribution in [2.75, 3.05) is 43.2 Å². The van der Waals surface area contributed by atoms with E-state index in [0.717, 1.165) is 55.9 Å². The summed E-state index contributed by atoms with van der Waals surface area (Å²) in [4.78, 5) is 13.5. The Morgan fingerprint density at radius 2 is 2.10 bits per heavy atom. The monoisotopic (exact) mass is 288 g/mol. The Balaban J connectivity index is 1.79. The van der Waals surface area contributed by atoms with Gasteiger partial charge in [-0.05, 0) is 13.0 Å². The molecule has 0 aromatic carbocycles. The summed E-state index contributed by atoms with van der Waals surface area (Å²) in [6.45, 7) is 5.91. The Hall–Kier alpha value is -2.08. The number of hydrogen-bond donors (Lipinski definition) is 0. The lowest BCUT2D eigenvalue weighted by Gasteiger charge is -2.28. The van der Waals surface area contributed by atoms with E-state index >= 15 is 0 Å². The molecule has 6 heteroatoms. The Kier molecular flexibility index (Phi) is 4.06. The average molecular weight is 288 g/mol. The van der Waals surface area contributed by atoms with Crippen molar-refractivity contribution in [1.82, 2.24) is 9.97 Å². The van der Waals surface area contributed by atoms with E-state index in [0.29, 0.717) is 0 Å². The molecule has 0 saturated carbocycles. The van der Waals surface area contributed by atoms with Gasteiger partial charge in [0.2, 0.25) is 5.95 Å². The van der Waals surface area contributed by atoms with Gasteiger partial charge in [0.15, 0.2) is 0 Å². The highest BCUT2D eigenvalue weighted by Crippen LogP contribution is 2.19. The average Bonchev–Trinajstić information content (AvgIpc) is 3.00. The Labute approximate surface area is 124 Å². The maximum Gasteiger partial charge on any atom is 0.227 e. The van der Waals surface area contributed by atoms with Crippen molar-refractivity contribution < 1.29 is 9.15 Å². The smallest absolute Gasteiger partial charge is 0.227 e. The van der Waals surface area contributed by atoms with Gasteiger partial charge < -0.3 is 19.0 Å². The Morgan fingerprint density at radius 3 is 2.81 bits per heavy atom. The third-order valence-electron chi connectivity index (χ3n) is 3.51. The maximum atomic E-state index is 5.38. The normalized spacial score (nSPS) is 15.2. The van der Waals surface area contributed by atoms with Crippen molar-refractivity contribution in [3.63, 3.8) is 0 Å². The molecular weight excluding hydrogens is 268 g/mol. The molecule has 1 saturated heterocycles. The first-order chi connectivity index (χ1) is 10.2. The second-order valence-corrected chi connectivity index (χ2v) is 5.25. The van der Waals surface area contributed by atoms with E-state index in [1.807, 2.05) is 26.1 Å². The van der Waals surface area contributed by atoms with E-state index < -0.39 is 0 Å². The number of ether oxygens (including phenoxy) is 1. The van der Waals surface area contributed by atoms with Crippen LogP contribution < -0.4 is 9.80 Å². The van der Waals surface area contributed by atoms with Gasteiger partial charge in [-0.3, -0.25) is 0 Å². The summed E-state index contributed by atoms with van der Waals surface area (Å²) in [6.07, 6.45) is 3.45. The van der Waals surface area contributed by atoms with Gasteiger partial charge in [-0.1, -0.05) is 0 Å². The molecule has 6 nitrogen and oxygen atoms in total. The molecule has 0 amide bonds. The van der Waals surface area contributed by atoms with Crippen LogP contribution >= 0.6 is 0 Å². The molecule has 0 atom stereocenters. The van der Waals surface area contributed by atoms with E-state index in [9.17, 15) is 0 Å². The topological polar surface area (TPSA) is 54.6 Å². The summed E-state index contributed by atoms with van der Waals surface area (Å²) < 4.78 is 10.5. The maximum absolute atomic E-state index is 5.38. The second-order valence-electron chi connectivity index (χ2n) is 5.25. The lowest BCUT2D eigenvalue weighted by Crippen LogP contribution is -2.37. The number of aromatic nitrogens is 2. The predicted octanol–water partition coefficient (Wildman–Crippen LogP) is 1.85. The van der Waals surface area contributed by atoms with Gasteiger partial charge in [0, 0.05) is 44.0 Å². The molecule has 3 heterocycles. The van der Waals surface area contributed by atoms with Crippen LogP contribution in [-0.2, 0) is 11.3 Å². The summed E-state index contributed by atoms with van der Waals surface area (Å²) >= 11 is 0. The van der Waals surface area contributed by atoms with Crippen LogP contribution in [0.1, 0.15) is 11.3 Å². The molecule has 1 aliphatic rings. The number of aryl methyl sites for hydroxylation is 1. The third-order valence-corrected chi connectivity index (χ3v) is 3.51. The van der Waals surface area contributed by atoms with E-state index in [-0.39, 0.29) is 0 Å². The summed E-state index contributed by atoms with van der Waals surface area (Å²) in [6, 6.07) is 3.97. The van der Waals surface area contributed by atoms with Gasteiger partial charge in [0.05, 0.1) is 25.7 Å². The van der Waals surface area contributed by atoms with E-state index in [2.05, 4.69) is 14.8 Å². The van der Waals surface area contributed by atoms with Crippen LogP contribution in [-0.4, -0.2) is 43.3 Å². The zero-order chi connectivity index (χ0) is 14.7. The van der Waals surface area contributed by atoms with Gasteiger partial charge in [0.25, 0.3) is 0 Å². The Morgan fingerprint density at radius 1 is 1.29 bits per heavy atom. The molecular formula is C15H20N4O2. The van der Waals surface area contributed by atoms with Crippen LogP contribution in [0.5, 0.6) is 0 Å². The molecule has 2 aromatic rings. The van der Waals surface area contributed by atoms with Crippen LogP contribution in [0.2, 0.25) is 0 Å². The summed E-state index contributed by atoms with van der Waals surface area (Å²) in [5, 5.41) is 0. The molecule has 1 aliphatic heterocycles. The van der Waals surface area contributed by atoms with E-state index in [4.69, 9.17) is 14.1 Å². The first-order valence-electron chi connectivity index (χ1n) is 7.13. The van der Waals surface area contributed by atoms with Gasteiger partial charge in [-0.2, -0.15) is 4.98 Å². The minimum atomic E-state index is 0.734. The van der Waals surface area contributed by atoms with Crippen LogP contribution in [0.25, 0.3) is 0 Å². The number of hydrogen-bond acceptors (Lipinski definition) is 6. The molecule has 0 bridgehead atoms. The van der Waals surface area contributed by atoms with E-state index in [1.54, 1.807) is 12.5 Å². The predicted molar refractivity (Wildman–Crippen MR) is 80.6 cm³/mol. The molecule has 2 aromatic heterocycles. The number of morpholine rings is 1. The van der Waals surface area contributed by atoms with Crippen molar-refractivity contribution >= 4 is 11.8 Å². The first kappa shape index (κ1) is 13.9. The van der Waals surface area contributed by atoms with Crippen LogP contribution in [0.4, 0.5) is 11.8 Å². The highest BCUT2D eigenvalue weighted by atomic mass is 16.5. The lowest BCUT2D eigenvalue weighted by molar-refractivity contribution is 0.122. The summed E-state index contributed by atoms with van der Waals surface area (Å²) in [5.74, 6) is 1.71. The van der Waals surface area contributed by atoms with Crippen LogP contribution in [0.3, 0.4) is 0 Å². The minimum Gasteiger partial charge on any atom is -0.472 e. The fourth-order valence-electron chi connectivity index (χ4n) is 2.37. The molecule has 21 heavy (non-hydrogen) atoms. The van der Waals surface area contributed by atoms with Crippen molar-refractivity contribution in [1.29, 1.82) is 0 Å².